The normalized spacial score (nSPS) is 12.6. The molecular weight excluding hydrogens is 492 g/mol. The lowest BCUT2D eigenvalue weighted by molar-refractivity contribution is -0.139. The first kappa shape index (κ1) is 29.8. The fourth-order valence-electron chi connectivity index (χ4n) is 5.05. The van der Waals surface area contributed by atoms with Crippen molar-refractivity contribution in [1.29, 1.82) is 0 Å². The molecule has 0 heterocycles. The fourth-order valence-corrected chi connectivity index (χ4v) is 5.05. The van der Waals surface area contributed by atoms with Gasteiger partial charge < -0.3 is 20.5 Å². The maximum Gasteiger partial charge on any atom is 0.407 e. The fraction of sp³-hybridized carbons (Fsp3) is 0.469. The SMILES string of the molecule is C#CCCCCCCCCC(=O)NCCCC[C@H](NC(=O)OCC1c2ccccc2-c2ccccc21)C(=O)O. The standard InChI is InChI=1S/C32H40N2O5/c1-2-3-4-5-6-7-8-9-21-30(35)33-22-15-14-20-29(31(36)37)34-32(38)39-23-28-26-18-12-10-16-24(26)25-17-11-13-19-27(25)28/h1,10-13,16-19,28-29H,3-9,14-15,20-23H2,(H,33,35)(H,34,38)(H,36,37)/t29-/m0/s1. The topological polar surface area (TPSA) is 105 Å². The van der Waals surface area contributed by atoms with Gasteiger partial charge in [0.25, 0.3) is 0 Å². The molecule has 0 aliphatic heterocycles. The molecule has 0 bridgehead atoms. The van der Waals surface area contributed by atoms with Crippen LogP contribution in [0.2, 0.25) is 0 Å². The number of rotatable bonds is 17. The van der Waals surface area contributed by atoms with Crippen molar-refractivity contribution in [2.45, 2.75) is 82.6 Å². The Hall–Kier alpha value is -3.79. The zero-order valence-electron chi connectivity index (χ0n) is 22.6. The molecule has 0 saturated heterocycles. The van der Waals surface area contributed by atoms with Gasteiger partial charge in [-0.1, -0.05) is 74.2 Å². The van der Waals surface area contributed by atoms with E-state index in [2.05, 4.69) is 28.7 Å². The van der Waals surface area contributed by atoms with Gasteiger partial charge in [0.2, 0.25) is 5.91 Å². The lowest BCUT2D eigenvalue weighted by Crippen LogP contribution is -2.41. The molecule has 0 aromatic heterocycles. The van der Waals surface area contributed by atoms with E-state index in [1.165, 1.54) is 0 Å². The summed E-state index contributed by atoms with van der Waals surface area (Å²) < 4.78 is 5.48. The quantitative estimate of drug-likeness (QED) is 0.171. The number of terminal acetylenes is 1. The Morgan fingerprint density at radius 3 is 2.13 bits per heavy atom. The molecule has 1 atom stereocenters. The molecule has 39 heavy (non-hydrogen) atoms. The van der Waals surface area contributed by atoms with Crippen LogP contribution >= 0.6 is 0 Å². The summed E-state index contributed by atoms with van der Waals surface area (Å²) >= 11 is 0. The van der Waals surface area contributed by atoms with Crippen LogP contribution in [0.25, 0.3) is 11.1 Å². The predicted molar refractivity (Wildman–Crippen MR) is 152 cm³/mol. The minimum atomic E-state index is -1.10. The van der Waals surface area contributed by atoms with Gasteiger partial charge in [-0.15, -0.1) is 12.3 Å². The third kappa shape index (κ3) is 9.47. The van der Waals surface area contributed by atoms with Crippen molar-refractivity contribution >= 4 is 18.0 Å². The average Bonchev–Trinajstić information content (AvgIpc) is 3.26. The van der Waals surface area contributed by atoms with E-state index in [1.807, 2.05) is 36.4 Å². The number of amides is 2. The van der Waals surface area contributed by atoms with E-state index < -0.39 is 18.1 Å². The van der Waals surface area contributed by atoms with E-state index in [0.29, 0.717) is 25.8 Å². The van der Waals surface area contributed by atoms with Crippen LogP contribution in [-0.2, 0) is 14.3 Å². The Bertz CT molecular complexity index is 1090. The number of hydrogen-bond donors (Lipinski definition) is 3. The summed E-state index contributed by atoms with van der Waals surface area (Å²) in [5.74, 6) is 1.48. The van der Waals surface area contributed by atoms with Gasteiger partial charge in [0.1, 0.15) is 12.6 Å². The Kier molecular flexibility index (Phi) is 12.4. The van der Waals surface area contributed by atoms with Gasteiger partial charge in [0, 0.05) is 25.3 Å². The first-order valence-corrected chi connectivity index (χ1v) is 14.1. The van der Waals surface area contributed by atoms with Crippen molar-refractivity contribution in [3.8, 4) is 23.5 Å². The number of alkyl carbamates (subject to hydrolysis) is 1. The van der Waals surface area contributed by atoms with Crippen molar-refractivity contribution in [2.75, 3.05) is 13.2 Å². The Morgan fingerprint density at radius 1 is 0.872 bits per heavy atom. The summed E-state index contributed by atoms with van der Waals surface area (Å²) in [5, 5.41) is 14.9. The van der Waals surface area contributed by atoms with Crippen LogP contribution in [0, 0.1) is 12.3 Å². The molecule has 7 nitrogen and oxygen atoms in total. The highest BCUT2D eigenvalue weighted by atomic mass is 16.5. The second kappa shape index (κ2) is 16.2. The smallest absolute Gasteiger partial charge is 0.407 e. The molecule has 0 fully saturated rings. The van der Waals surface area contributed by atoms with E-state index in [-0.39, 0.29) is 24.9 Å². The number of carboxylic acids is 1. The average molecular weight is 533 g/mol. The summed E-state index contributed by atoms with van der Waals surface area (Å²) in [4.78, 5) is 36.2. The number of carboxylic acid groups (broad SMARTS) is 1. The molecule has 7 heteroatoms. The van der Waals surface area contributed by atoms with Crippen molar-refractivity contribution in [2.24, 2.45) is 0 Å². The minimum Gasteiger partial charge on any atom is -0.480 e. The third-order valence-corrected chi connectivity index (χ3v) is 7.15. The second-order valence-electron chi connectivity index (χ2n) is 10.0. The summed E-state index contributed by atoms with van der Waals surface area (Å²) in [7, 11) is 0. The van der Waals surface area contributed by atoms with Crippen LogP contribution in [0.5, 0.6) is 0 Å². The van der Waals surface area contributed by atoms with Crippen molar-refractivity contribution in [3.05, 3.63) is 59.7 Å². The number of aliphatic carboxylic acids is 1. The van der Waals surface area contributed by atoms with Crippen LogP contribution < -0.4 is 10.6 Å². The van der Waals surface area contributed by atoms with Crippen LogP contribution in [0.1, 0.15) is 87.7 Å². The molecular formula is C32H40N2O5. The van der Waals surface area contributed by atoms with Gasteiger partial charge in [-0.3, -0.25) is 4.79 Å². The monoisotopic (exact) mass is 532 g/mol. The highest BCUT2D eigenvalue weighted by Crippen LogP contribution is 2.44. The molecule has 0 spiro atoms. The molecule has 0 radical (unpaired) electrons. The highest BCUT2D eigenvalue weighted by molar-refractivity contribution is 5.81. The van der Waals surface area contributed by atoms with Gasteiger partial charge in [0.15, 0.2) is 0 Å². The van der Waals surface area contributed by atoms with Crippen molar-refractivity contribution in [1.82, 2.24) is 10.6 Å². The minimum absolute atomic E-state index is 0.0221. The predicted octanol–water partition coefficient (Wildman–Crippen LogP) is 6.02. The van der Waals surface area contributed by atoms with Crippen LogP contribution in [-0.4, -0.2) is 42.3 Å². The molecule has 3 rings (SSSR count). The summed E-state index contributed by atoms with van der Waals surface area (Å²) in [5.41, 5.74) is 4.45. The molecule has 2 aromatic rings. The zero-order valence-corrected chi connectivity index (χ0v) is 22.6. The van der Waals surface area contributed by atoms with Crippen molar-refractivity contribution < 1.29 is 24.2 Å². The maximum absolute atomic E-state index is 12.5. The van der Waals surface area contributed by atoms with Crippen molar-refractivity contribution in [3.63, 3.8) is 0 Å². The number of hydrogen-bond acceptors (Lipinski definition) is 4. The molecule has 1 aliphatic carbocycles. The van der Waals surface area contributed by atoms with Crippen LogP contribution in [0.4, 0.5) is 4.79 Å². The Labute approximate surface area is 231 Å². The largest absolute Gasteiger partial charge is 0.480 e. The molecule has 2 aromatic carbocycles. The molecule has 208 valence electrons. The molecule has 0 unspecified atom stereocenters. The zero-order chi connectivity index (χ0) is 27.9. The van der Waals surface area contributed by atoms with E-state index in [1.54, 1.807) is 0 Å². The van der Waals surface area contributed by atoms with Gasteiger partial charge in [-0.2, -0.15) is 0 Å². The molecule has 3 N–H and O–H groups in total. The highest BCUT2D eigenvalue weighted by Gasteiger charge is 2.29. The lowest BCUT2D eigenvalue weighted by atomic mass is 9.98. The molecule has 0 saturated carbocycles. The molecule has 1 aliphatic rings. The number of carbonyl (C=O) groups is 3. The second-order valence-corrected chi connectivity index (χ2v) is 10.0. The number of carbonyl (C=O) groups excluding carboxylic acids is 2. The van der Waals surface area contributed by atoms with Gasteiger partial charge in [-0.25, -0.2) is 9.59 Å². The Balaban J connectivity index is 1.31. The van der Waals surface area contributed by atoms with E-state index in [4.69, 9.17) is 11.2 Å². The number of fused-ring (bicyclic) bond motifs is 3. The number of benzene rings is 2. The van der Waals surface area contributed by atoms with Gasteiger partial charge in [0.05, 0.1) is 0 Å². The summed E-state index contributed by atoms with van der Waals surface area (Å²) in [6.45, 7) is 0.617. The summed E-state index contributed by atoms with van der Waals surface area (Å²) in [6, 6.07) is 15.0. The van der Waals surface area contributed by atoms with E-state index in [0.717, 1.165) is 67.2 Å². The van der Waals surface area contributed by atoms with E-state index in [9.17, 15) is 19.5 Å². The first-order valence-electron chi connectivity index (χ1n) is 14.1. The Morgan fingerprint density at radius 2 is 1.49 bits per heavy atom. The molecule has 2 amide bonds. The third-order valence-electron chi connectivity index (χ3n) is 7.15. The maximum atomic E-state index is 12.5. The number of unbranched alkanes of at least 4 members (excludes halogenated alkanes) is 7. The van der Waals surface area contributed by atoms with E-state index >= 15 is 0 Å². The lowest BCUT2D eigenvalue weighted by Gasteiger charge is -2.17. The van der Waals surface area contributed by atoms with Crippen LogP contribution in [0.3, 0.4) is 0 Å². The van der Waals surface area contributed by atoms with Gasteiger partial charge >= 0.3 is 12.1 Å². The number of nitrogens with one attached hydrogen (secondary N) is 2. The van der Waals surface area contributed by atoms with Crippen LogP contribution in [0.15, 0.2) is 48.5 Å². The summed E-state index contributed by atoms with van der Waals surface area (Å²) in [6.07, 6.45) is 13.7. The number of ether oxygens (including phenoxy) is 1. The van der Waals surface area contributed by atoms with Gasteiger partial charge in [-0.05, 0) is 54.4 Å². The first-order chi connectivity index (χ1) is 19.0.